The van der Waals surface area contributed by atoms with Gasteiger partial charge in [0.15, 0.2) is 12.3 Å². The Morgan fingerprint density at radius 3 is 2.55 bits per heavy atom. The predicted molar refractivity (Wildman–Crippen MR) is 127 cm³/mol. The van der Waals surface area contributed by atoms with Crippen molar-refractivity contribution in [1.29, 1.82) is 0 Å². The van der Waals surface area contributed by atoms with Gasteiger partial charge in [0, 0.05) is 25.1 Å². The molecule has 0 saturated heterocycles. The lowest BCUT2D eigenvalue weighted by Crippen LogP contribution is -2.35. The van der Waals surface area contributed by atoms with Crippen molar-refractivity contribution in [1.82, 2.24) is 0 Å². The van der Waals surface area contributed by atoms with E-state index in [4.69, 9.17) is 9.15 Å². The number of benzene rings is 2. The molecular weight excluding hydrogens is 384 g/mol. The molecule has 3 aromatic rings. The molecular formula is C27H33N2O2+. The quantitative estimate of drug-likeness (QED) is 0.356. The fourth-order valence-electron chi connectivity index (χ4n) is 3.98. The van der Waals surface area contributed by atoms with Gasteiger partial charge in [-0.3, -0.25) is 0 Å². The number of oxazole rings is 1. The summed E-state index contributed by atoms with van der Waals surface area (Å²) in [5.41, 5.74) is 4.43. The van der Waals surface area contributed by atoms with Crippen molar-refractivity contribution in [3.05, 3.63) is 72.0 Å². The van der Waals surface area contributed by atoms with Crippen molar-refractivity contribution in [3.63, 3.8) is 0 Å². The van der Waals surface area contributed by atoms with E-state index in [0.29, 0.717) is 0 Å². The fraction of sp³-hybridized carbons (Fsp3) is 0.370. The van der Waals surface area contributed by atoms with Crippen LogP contribution in [-0.2, 0) is 6.54 Å². The zero-order chi connectivity index (χ0) is 21.6. The van der Waals surface area contributed by atoms with Gasteiger partial charge in [0.25, 0.3) is 5.52 Å². The van der Waals surface area contributed by atoms with E-state index >= 15 is 0 Å². The van der Waals surface area contributed by atoms with Crippen LogP contribution in [0.15, 0.2) is 70.5 Å². The summed E-state index contributed by atoms with van der Waals surface area (Å²) >= 11 is 0. The molecule has 2 heterocycles. The summed E-state index contributed by atoms with van der Waals surface area (Å²) in [6.45, 7) is 8.54. The minimum Gasteiger partial charge on any atom is -0.439 e. The highest BCUT2D eigenvalue weighted by atomic mass is 16.5. The van der Waals surface area contributed by atoms with Crippen molar-refractivity contribution < 1.29 is 13.7 Å². The SMILES string of the molecule is CCCCN1C(=CC(=Cc2oc3ccccc3[n+]2CCCC)CC)Oc2ccccc21. The molecule has 0 saturated carbocycles. The topological polar surface area (TPSA) is 29.5 Å². The lowest BCUT2D eigenvalue weighted by Gasteiger charge is -2.18. The molecule has 0 spiro atoms. The summed E-state index contributed by atoms with van der Waals surface area (Å²) in [5.74, 6) is 2.74. The van der Waals surface area contributed by atoms with Crippen LogP contribution in [-0.4, -0.2) is 6.54 Å². The first kappa shape index (κ1) is 21.2. The summed E-state index contributed by atoms with van der Waals surface area (Å²) < 4.78 is 14.8. The number of aromatic nitrogens is 1. The Balaban J connectivity index is 1.71. The Morgan fingerprint density at radius 2 is 1.74 bits per heavy atom. The van der Waals surface area contributed by atoms with Crippen LogP contribution in [0.4, 0.5) is 5.69 Å². The van der Waals surface area contributed by atoms with Crippen molar-refractivity contribution in [2.45, 2.75) is 59.4 Å². The van der Waals surface area contributed by atoms with Gasteiger partial charge in [-0.1, -0.05) is 57.9 Å². The summed E-state index contributed by atoms with van der Waals surface area (Å²) in [6.07, 6.45) is 9.80. The number of hydrogen-bond acceptors (Lipinski definition) is 3. The Hall–Kier alpha value is -3.01. The van der Waals surface area contributed by atoms with E-state index in [1.54, 1.807) is 0 Å². The maximum absolute atomic E-state index is 6.25. The normalized spacial score (nSPS) is 15.0. The Kier molecular flexibility index (Phi) is 6.76. The summed E-state index contributed by atoms with van der Waals surface area (Å²) in [6, 6.07) is 16.6. The second-order valence-electron chi connectivity index (χ2n) is 8.04. The lowest BCUT2D eigenvalue weighted by molar-refractivity contribution is -0.678. The van der Waals surface area contributed by atoms with Crippen LogP contribution in [0.25, 0.3) is 17.2 Å². The number of unbranched alkanes of at least 4 members (excludes halogenated alkanes) is 2. The Morgan fingerprint density at radius 1 is 0.968 bits per heavy atom. The molecule has 162 valence electrons. The number of allylic oxidation sites excluding steroid dienone is 2. The standard InChI is InChI=1S/C27H33N2O2/c1-4-7-17-28-22-13-9-11-15-24(22)30-26(28)19-21(6-3)20-27-29(18-8-5-2)23-14-10-12-16-25(23)31-27/h9-16,19-20H,4-8,17-18H2,1-3H3/q+1. The number of para-hydroxylation sites is 4. The van der Waals surface area contributed by atoms with Gasteiger partial charge < -0.3 is 14.1 Å². The van der Waals surface area contributed by atoms with Crippen LogP contribution in [0.5, 0.6) is 5.75 Å². The van der Waals surface area contributed by atoms with Crippen molar-refractivity contribution in [2.75, 3.05) is 11.4 Å². The molecule has 31 heavy (non-hydrogen) atoms. The number of aryl methyl sites for hydroxylation is 1. The molecule has 2 aromatic carbocycles. The Bertz CT molecular complexity index is 1090. The van der Waals surface area contributed by atoms with E-state index in [2.05, 4.69) is 66.7 Å². The molecule has 1 aliphatic heterocycles. The second kappa shape index (κ2) is 9.86. The Labute approximate surface area is 185 Å². The van der Waals surface area contributed by atoms with E-state index in [9.17, 15) is 0 Å². The summed E-state index contributed by atoms with van der Waals surface area (Å²) in [4.78, 5) is 2.30. The summed E-state index contributed by atoms with van der Waals surface area (Å²) in [7, 11) is 0. The number of fused-ring (bicyclic) bond motifs is 2. The summed E-state index contributed by atoms with van der Waals surface area (Å²) in [5, 5.41) is 0. The lowest BCUT2D eigenvalue weighted by atomic mass is 10.1. The van der Waals surface area contributed by atoms with Crippen LogP contribution in [0.3, 0.4) is 0 Å². The molecule has 1 aromatic heterocycles. The van der Waals surface area contributed by atoms with Crippen LogP contribution in [0.1, 0.15) is 58.8 Å². The molecule has 0 atom stereocenters. The number of anilines is 1. The van der Waals surface area contributed by atoms with E-state index in [0.717, 1.165) is 79.5 Å². The van der Waals surface area contributed by atoms with Crippen molar-refractivity contribution in [3.8, 4) is 5.75 Å². The molecule has 0 fully saturated rings. The van der Waals surface area contributed by atoms with Gasteiger partial charge in [-0.25, -0.2) is 0 Å². The van der Waals surface area contributed by atoms with Gasteiger partial charge >= 0.3 is 5.89 Å². The molecule has 0 aliphatic carbocycles. The van der Waals surface area contributed by atoms with E-state index in [1.165, 1.54) is 5.57 Å². The molecule has 0 bridgehead atoms. The highest BCUT2D eigenvalue weighted by molar-refractivity contribution is 5.70. The highest BCUT2D eigenvalue weighted by Crippen LogP contribution is 2.39. The van der Waals surface area contributed by atoms with Gasteiger partial charge in [-0.2, -0.15) is 4.57 Å². The predicted octanol–water partition coefficient (Wildman–Crippen LogP) is 6.85. The van der Waals surface area contributed by atoms with Crippen LogP contribution in [0, 0.1) is 0 Å². The molecule has 0 unspecified atom stereocenters. The van der Waals surface area contributed by atoms with Gasteiger partial charge in [-0.05, 0) is 36.6 Å². The number of hydrogen-bond donors (Lipinski definition) is 0. The van der Waals surface area contributed by atoms with Crippen LogP contribution >= 0.6 is 0 Å². The van der Waals surface area contributed by atoms with E-state index in [-0.39, 0.29) is 0 Å². The first-order valence-electron chi connectivity index (χ1n) is 11.6. The first-order chi connectivity index (χ1) is 15.2. The fourth-order valence-corrected chi connectivity index (χ4v) is 3.98. The maximum Gasteiger partial charge on any atom is 0.374 e. The minimum absolute atomic E-state index is 0.898. The number of ether oxygens (including phenoxy) is 1. The van der Waals surface area contributed by atoms with Crippen LogP contribution < -0.4 is 14.2 Å². The molecule has 4 nitrogen and oxygen atoms in total. The smallest absolute Gasteiger partial charge is 0.374 e. The maximum atomic E-state index is 6.25. The van der Waals surface area contributed by atoms with Crippen molar-refractivity contribution in [2.24, 2.45) is 0 Å². The second-order valence-corrected chi connectivity index (χ2v) is 8.04. The van der Waals surface area contributed by atoms with Gasteiger partial charge in [-0.15, -0.1) is 0 Å². The van der Waals surface area contributed by atoms with E-state index in [1.807, 2.05) is 24.3 Å². The largest absolute Gasteiger partial charge is 0.439 e. The zero-order valence-corrected chi connectivity index (χ0v) is 18.9. The third-order valence-corrected chi connectivity index (χ3v) is 5.77. The first-order valence-corrected chi connectivity index (χ1v) is 11.6. The van der Waals surface area contributed by atoms with Crippen molar-refractivity contribution >= 4 is 22.9 Å². The molecule has 4 heteroatoms. The third kappa shape index (κ3) is 4.53. The monoisotopic (exact) mass is 417 g/mol. The molecule has 0 N–H and O–H groups in total. The average Bonchev–Trinajstić information content (AvgIpc) is 3.32. The number of rotatable bonds is 9. The number of nitrogens with zero attached hydrogens (tertiary/aromatic N) is 2. The molecule has 0 amide bonds. The minimum atomic E-state index is 0.898. The van der Waals surface area contributed by atoms with Gasteiger partial charge in [0.1, 0.15) is 0 Å². The van der Waals surface area contributed by atoms with Gasteiger partial charge in [0.2, 0.25) is 11.5 Å². The molecule has 1 aliphatic rings. The third-order valence-electron chi connectivity index (χ3n) is 5.77. The van der Waals surface area contributed by atoms with Gasteiger partial charge in [0.05, 0.1) is 11.8 Å². The molecule has 0 radical (unpaired) electrons. The average molecular weight is 418 g/mol. The highest BCUT2D eigenvalue weighted by Gasteiger charge is 2.26. The van der Waals surface area contributed by atoms with Crippen LogP contribution in [0.2, 0.25) is 0 Å². The molecule has 4 rings (SSSR count). The van der Waals surface area contributed by atoms with E-state index < -0.39 is 0 Å². The zero-order valence-electron chi connectivity index (χ0n) is 18.9.